The lowest BCUT2D eigenvalue weighted by Crippen LogP contribution is -2.37. The van der Waals surface area contributed by atoms with E-state index in [4.69, 9.17) is 10.5 Å². The number of likely N-dealkylation sites (tertiary alicyclic amines) is 1. The van der Waals surface area contributed by atoms with Gasteiger partial charge in [-0.1, -0.05) is 13.3 Å². The minimum absolute atomic E-state index is 0.365. The van der Waals surface area contributed by atoms with Crippen molar-refractivity contribution in [3.8, 4) is 0 Å². The Balaban J connectivity index is 1.89. The summed E-state index contributed by atoms with van der Waals surface area (Å²) in [6, 6.07) is 0.515. The maximum atomic E-state index is 12.2. The molecular formula is C15H26N4O2. The van der Waals surface area contributed by atoms with Crippen molar-refractivity contribution in [3.05, 3.63) is 11.4 Å². The van der Waals surface area contributed by atoms with Crippen LogP contribution in [0, 0.1) is 0 Å². The molecule has 0 aliphatic carbocycles. The summed E-state index contributed by atoms with van der Waals surface area (Å²) in [5.74, 6) is -0.374. The minimum atomic E-state index is -0.374. The summed E-state index contributed by atoms with van der Waals surface area (Å²) in [5.41, 5.74) is 7.52. The molecule has 1 fully saturated rings. The standard InChI is InChI=1S/C15H26N4O2/c1-4-12-13(16)14(19(3)17-12)15(20)21-10-8-11-7-5-6-9-18(11)2/h11H,4-10,16H2,1-3H3. The normalized spacial score (nSPS) is 19.7. The van der Waals surface area contributed by atoms with Gasteiger partial charge in [-0.05, 0) is 39.3 Å². The third kappa shape index (κ3) is 3.56. The lowest BCUT2D eigenvalue weighted by Gasteiger charge is -2.32. The van der Waals surface area contributed by atoms with E-state index in [0.29, 0.717) is 30.5 Å². The molecule has 0 saturated carbocycles. The minimum Gasteiger partial charge on any atom is -0.461 e. The molecule has 1 atom stereocenters. The fourth-order valence-electron chi connectivity index (χ4n) is 2.96. The van der Waals surface area contributed by atoms with Crippen LogP contribution in [0.25, 0.3) is 0 Å². The first kappa shape index (κ1) is 15.8. The van der Waals surface area contributed by atoms with Crippen LogP contribution in [-0.2, 0) is 18.2 Å². The average Bonchev–Trinajstić information content (AvgIpc) is 2.75. The molecule has 1 unspecified atom stereocenters. The van der Waals surface area contributed by atoms with Crippen LogP contribution in [0.2, 0.25) is 0 Å². The highest BCUT2D eigenvalue weighted by Crippen LogP contribution is 2.20. The van der Waals surface area contributed by atoms with Crippen LogP contribution in [0.3, 0.4) is 0 Å². The van der Waals surface area contributed by atoms with E-state index in [1.807, 2.05) is 6.92 Å². The van der Waals surface area contributed by atoms with Gasteiger partial charge in [-0.15, -0.1) is 0 Å². The maximum absolute atomic E-state index is 12.2. The zero-order chi connectivity index (χ0) is 15.4. The summed E-state index contributed by atoms with van der Waals surface area (Å²) in [5, 5.41) is 4.24. The van der Waals surface area contributed by atoms with E-state index >= 15 is 0 Å². The molecule has 6 nitrogen and oxygen atoms in total. The Hall–Kier alpha value is -1.56. The second-order valence-electron chi connectivity index (χ2n) is 5.74. The number of nitrogens with two attached hydrogens (primary N) is 1. The van der Waals surface area contributed by atoms with Gasteiger partial charge >= 0.3 is 5.97 Å². The van der Waals surface area contributed by atoms with Gasteiger partial charge in [0.15, 0.2) is 5.69 Å². The van der Waals surface area contributed by atoms with Crippen LogP contribution in [0.4, 0.5) is 5.69 Å². The molecule has 2 heterocycles. The number of hydrogen-bond acceptors (Lipinski definition) is 5. The van der Waals surface area contributed by atoms with Gasteiger partial charge < -0.3 is 15.4 Å². The van der Waals surface area contributed by atoms with E-state index in [9.17, 15) is 4.79 Å². The second-order valence-corrected chi connectivity index (χ2v) is 5.74. The molecule has 21 heavy (non-hydrogen) atoms. The first-order chi connectivity index (χ1) is 10.0. The lowest BCUT2D eigenvalue weighted by molar-refractivity contribution is 0.0439. The number of rotatable bonds is 5. The summed E-state index contributed by atoms with van der Waals surface area (Å²) >= 11 is 0. The molecule has 1 aliphatic heterocycles. The van der Waals surface area contributed by atoms with Gasteiger partial charge in [0.1, 0.15) is 0 Å². The Bertz CT molecular complexity index is 498. The predicted molar refractivity (Wildman–Crippen MR) is 82.2 cm³/mol. The molecule has 1 aromatic rings. The van der Waals surface area contributed by atoms with Gasteiger partial charge in [-0.3, -0.25) is 4.68 Å². The molecule has 1 aliphatic rings. The van der Waals surface area contributed by atoms with Crippen LogP contribution in [0.5, 0.6) is 0 Å². The highest BCUT2D eigenvalue weighted by atomic mass is 16.5. The molecule has 0 radical (unpaired) electrons. The number of nitrogens with zero attached hydrogens (tertiary/aromatic N) is 3. The largest absolute Gasteiger partial charge is 0.461 e. The van der Waals surface area contributed by atoms with Crippen molar-refractivity contribution in [2.75, 3.05) is 25.9 Å². The molecule has 0 amide bonds. The summed E-state index contributed by atoms with van der Waals surface area (Å²) in [6.07, 6.45) is 5.29. The quantitative estimate of drug-likeness (QED) is 0.835. The smallest absolute Gasteiger partial charge is 0.358 e. The molecule has 1 aromatic heterocycles. The average molecular weight is 294 g/mol. The van der Waals surface area contributed by atoms with Crippen molar-refractivity contribution >= 4 is 11.7 Å². The third-order valence-electron chi connectivity index (χ3n) is 4.29. The zero-order valence-corrected chi connectivity index (χ0v) is 13.3. The van der Waals surface area contributed by atoms with Crippen LogP contribution in [-0.4, -0.2) is 46.9 Å². The first-order valence-corrected chi connectivity index (χ1v) is 7.73. The molecule has 0 aromatic carbocycles. The fourth-order valence-corrected chi connectivity index (χ4v) is 2.96. The van der Waals surface area contributed by atoms with Crippen LogP contribution in [0.15, 0.2) is 0 Å². The fraction of sp³-hybridized carbons (Fsp3) is 0.733. The Morgan fingerprint density at radius 2 is 2.19 bits per heavy atom. The number of nitrogen functional groups attached to an aromatic ring is 1. The number of esters is 1. The zero-order valence-electron chi connectivity index (χ0n) is 13.3. The maximum Gasteiger partial charge on any atom is 0.358 e. The van der Waals surface area contributed by atoms with Crippen molar-refractivity contribution in [3.63, 3.8) is 0 Å². The molecule has 2 rings (SSSR count). The lowest BCUT2D eigenvalue weighted by atomic mass is 10.0. The van der Waals surface area contributed by atoms with Gasteiger partial charge in [0, 0.05) is 13.1 Å². The van der Waals surface area contributed by atoms with Gasteiger partial charge in [0.2, 0.25) is 0 Å². The van der Waals surface area contributed by atoms with Crippen molar-refractivity contribution in [1.29, 1.82) is 0 Å². The monoisotopic (exact) mass is 294 g/mol. The molecule has 1 saturated heterocycles. The molecule has 2 N–H and O–H groups in total. The predicted octanol–water partition coefficient (Wildman–Crippen LogP) is 1.60. The number of hydrogen-bond donors (Lipinski definition) is 1. The highest BCUT2D eigenvalue weighted by Gasteiger charge is 2.22. The summed E-state index contributed by atoms with van der Waals surface area (Å²) in [6.45, 7) is 3.53. The third-order valence-corrected chi connectivity index (χ3v) is 4.29. The number of carbonyl (C=O) groups is 1. The van der Waals surface area contributed by atoms with Crippen molar-refractivity contribution < 1.29 is 9.53 Å². The van der Waals surface area contributed by atoms with E-state index in [2.05, 4.69) is 17.0 Å². The number of aryl methyl sites for hydroxylation is 2. The molecule has 6 heteroatoms. The van der Waals surface area contributed by atoms with Crippen molar-refractivity contribution in [2.45, 2.75) is 45.1 Å². The summed E-state index contributed by atoms with van der Waals surface area (Å²) < 4.78 is 6.91. The number of piperidine rings is 1. The Morgan fingerprint density at radius 3 is 2.81 bits per heavy atom. The molecular weight excluding hydrogens is 268 g/mol. The van der Waals surface area contributed by atoms with Gasteiger partial charge in [-0.2, -0.15) is 5.10 Å². The van der Waals surface area contributed by atoms with Crippen molar-refractivity contribution in [2.24, 2.45) is 7.05 Å². The first-order valence-electron chi connectivity index (χ1n) is 7.73. The summed E-state index contributed by atoms with van der Waals surface area (Å²) in [4.78, 5) is 14.5. The molecule has 0 bridgehead atoms. The number of anilines is 1. The van der Waals surface area contributed by atoms with Crippen molar-refractivity contribution in [1.82, 2.24) is 14.7 Å². The Kier molecular flexibility index (Phi) is 5.22. The van der Waals surface area contributed by atoms with Crippen LogP contribution in [0.1, 0.15) is 48.8 Å². The summed E-state index contributed by atoms with van der Waals surface area (Å²) in [7, 11) is 3.86. The number of aromatic nitrogens is 2. The van der Waals surface area contributed by atoms with Gasteiger partial charge in [0.25, 0.3) is 0 Å². The van der Waals surface area contributed by atoms with E-state index in [1.54, 1.807) is 7.05 Å². The number of ether oxygens (including phenoxy) is 1. The van der Waals surface area contributed by atoms with E-state index in [0.717, 1.165) is 18.7 Å². The van der Waals surface area contributed by atoms with Gasteiger partial charge in [0.05, 0.1) is 18.0 Å². The SMILES string of the molecule is CCc1nn(C)c(C(=O)OCCC2CCCCN2C)c1N. The second kappa shape index (κ2) is 6.93. The van der Waals surface area contributed by atoms with E-state index < -0.39 is 0 Å². The molecule has 118 valence electrons. The number of carbonyl (C=O) groups excluding carboxylic acids is 1. The van der Waals surface area contributed by atoms with E-state index in [1.165, 1.54) is 23.9 Å². The Morgan fingerprint density at radius 1 is 1.43 bits per heavy atom. The topological polar surface area (TPSA) is 73.4 Å². The van der Waals surface area contributed by atoms with E-state index in [-0.39, 0.29) is 5.97 Å². The van der Waals surface area contributed by atoms with Crippen LogP contribution >= 0.6 is 0 Å². The highest BCUT2D eigenvalue weighted by molar-refractivity contribution is 5.93. The molecule has 0 spiro atoms. The van der Waals surface area contributed by atoms with Gasteiger partial charge in [-0.25, -0.2) is 4.79 Å². The Labute approximate surface area is 126 Å². The van der Waals surface area contributed by atoms with Crippen LogP contribution < -0.4 is 5.73 Å².